The van der Waals surface area contributed by atoms with E-state index in [1.165, 1.54) is 38.0 Å². The maximum absolute atomic E-state index is 4.63. The molecule has 0 N–H and O–H groups in total. The summed E-state index contributed by atoms with van der Waals surface area (Å²) in [6.07, 6.45) is 5.61. The van der Waals surface area contributed by atoms with Gasteiger partial charge in [0.2, 0.25) is 5.65 Å². The smallest absolute Gasteiger partial charge is 0.200 e. The van der Waals surface area contributed by atoms with Crippen molar-refractivity contribution in [2.75, 3.05) is 38.1 Å². The van der Waals surface area contributed by atoms with Crippen molar-refractivity contribution >= 4 is 11.3 Å². The Balaban J connectivity index is 1.61. The van der Waals surface area contributed by atoms with Crippen LogP contribution in [0.3, 0.4) is 0 Å². The zero-order valence-electron chi connectivity index (χ0n) is 14.4. The van der Waals surface area contributed by atoms with E-state index in [0.29, 0.717) is 11.3 Å². The molecule has 23 heavy (non-hydrogen) atoms. The van der Waals surface area contributed by atoms with Gasteiger partial charge in [-0.05, 0) is 50.3 Å². The zero-order valence-corrected chi connectivity index (χ0v) is 14.4. The zero-order chi connectivity index (χ0) is 16.0. The van der Waals surface area contributed by atoms with Crippen molar-refractivity contribution in [1.29, 1.82) is 0 Å². The number of hydrogen-bond donors (Lipinski definition) is 0. The minimum Gasteiger partial charge on any atom is -0.368 e. The van der Waals surface area contributed by atoms with Gasteiger partial charge in [-0.2, -0.15) is 9.61 Å². The van der Waals surface area contributed by atoms with Crippen molar-refractivity contribution < 1.29 is 0 Å². The van der Waals surface area contributed by atoms with Gasteiger partial charge in [0.15, 0.2) is 0 Å². The van der Waals surface area contributed by atoms with Gasteiger partial charge < -0.3 is 9.80 Å². The Morgan fingerprint density at radius 3 is 2.52 bits per heavy atom. The van der Waals surface area contributed by atoms with Crippen LogP contribution < -0.4 is 4.90 Å². The number of anilines is 1. The van der Waals surface area contributed by atoms with Crippen molar-refractivity contribution in [3.8, 4) is 0 Å². The molecule has 2 aliphatic rings. The van der Waals surface area contributed by atoms with Crippen molar-refractivity contribution in [2.45, 2.75) is 39.0 Å². The van der Waals surface area contributed by atoms with Crippen molar-refractivity contribution in [1.82, 2.24) is 24.7 Å². The van der Waals surface area contributed by atoms with Crippen LogP contribution in [0.4, 0.5) is 5.69 Å². The minimum atomic E-state index is 0.403. The predicted octanol–water partition coefficient (Wildman–Crippen LogP) is 2.17. The van der Waals surface area contributed by atoms with Gasteiger partial charge in [0.1, 0.15) is 6.33 Å². The maximum atomic E-state index is 4.63. The highest BCUT2D eigenvalue weighted by Gasteiger charge is 2.39. The second kappa shape index (κ2) is 5.44. The molecule has 0 aliphatic carbocycles. The highest BCUT2D eigenvalue weighted by molar-refractivity contribution is 5.68. The van der Waals surface area contributed by atoms with Gasteiger partial charge in [0.05, 0.1) is 11.4 Å². The van der Waals surface area contributed by atoms with Crippen LogP contribution in [-0.2, 0) is 0 Å². The van der Waals surface area contributed by atoms with Crippen LogP contribution in [0.25, 0.3) is 5.65 Å². The van der Waals surface area contributed by atoms with Gasteiger partial charge in [-0.25, -0.2) is 0 Å². The molecule has 2 aromatic rings. The predicted molar refractivity (Wildman–Crippen MR) is 90.9 cm³/mol. The van der Waals surface area contributed by atoms with Crippen LogP contribution in [0.2, 0.25) is 0 Å². The molecule has 4 rings (SSSR count). The third-order valence-electron chi connectivity index (χ3n) is 5.65. The molecule has 0 radical (unpaired) electrons. The molecule has 124 valence electrons. The van der Waals surface area contributed by atoms with Crippen molar-refractivity contribution in [3.63, 3.8) is 0 Å². The maximum Gasteiger partial charge on any atom is 0.200 e. The molecule has 2 saturated heterocycles. The van der Waals surface area contributed by atoms with Crippen LogP contribution in [0.15, 0.2) is 12.4 Å². The van der Waals surface area contributed by atoms with Gasteiger partial charge in [-0.1, -0.05) is 13.8 Å². The first-order valence-corrected chi connectivity index (χ1v) is 8.71. The molecule has 0 saturated carbocycles. The lowest BCUT2D eigenvalue weighted by Gasteiger charge is -2.40. The molecule has 6 nitrogen and oxygen atoms in total. The Morgan fingerprint density at radius 2 is 1.87 bits per heavy atom. The van der Waals surface area contributed by atoms with Gasteiger partial charge in [-0.3, -0.25) is 0 Å². The monoisotopic (exact) mass is 314 g/mol. The third kappa shape index (κ3) is 2.59. The largest absolute Gasteiger partial charge is 0.368 e. The van der Waals surface area contributed by atoms with E-state index in [1.807, 2.05) is 4.52 Å². The van der Waals surface area contributed by atoms with E-state index in [1.54, 1.807) is 6.33 Å². The number of piperidine rings is 1. The Morgan fingerprint density at radius 1 is 1.13 bits per heavy atom. The molecule has 2 fully saturated rings. The summed E-state index contributed by atoms with van der Waals surface area (Å²) in [6.45, 7) is 9.09. The molecular formula is C17H26N6. The average molecular weight is 314 g/mol. The minimum absolute atomic E-state index is 0.403. The standard InChI is InChI=1S/C17H26N6/c1-13(2)14-10-15(16-19-18-12-23(16)20-14)22-8-5-17(6-9-22)4-7-21(3)11-17/h10,12-13H,4-9,11H2,1-3H3. The molecule has 6 heteroatoms. The van der Waals surface area contributed by atoms with Crippen LogP contribution in [0.1, 0.15) is 44.7 Å². The summed E-state index contributed by atoms with van der Waals surface area (Å²) in [7, 11) is 2.25. The van der Waals surface area contributed by atoms with E-state index < -0.39 is 0 Å². The normalized spacial score (nSPS) is 21.8. The topological polar surface area (TPSA) is 49.6 Å². The summed E-state index contributed by atoms with van der Waals surface area (Å²) in [4.78, 5) is 4.97. The van der Waals surface area contributed by atoms with Crippen LogP contribution in [-0.4, -0.2) is 57.9 Å². The lowest BCUT2D eigenvalue weighted by Crippen LogP contribution is -2.41. The number of hydrogen-bond acceptors (Lipinski definition) is 5. The molecule has 0 atom stereocenters. The Kier molecular flexibility index (Phi) is 3.52. The van der Waals surface area contributed by atoms with Crippen molar-refractivity contribution in [3.05, 3.63) is 18.1 Å². The van der Waals surface area contributed by atoms with Crippen LogP contribution in [0, 0.1) is 5.41 Å². The summed E-state index contributed by atoms with van der Waals surface area (Å²) >= 11 is 0. The molecule has 0 aromatic carbocycles. The summed E-state index contributed by atoms with van der Waals surface area (Å²) in [5.74, 6) is 0.403. The molecular weight excluding hydrogens is 288 g/mol. The lowest BCUT2D eigenvalue weighted by molar-refractivity contribution is 0.222. The van der Waals surface area contributed by atoms with Gasteiger partial charge in [0, 0.05) is 19.6 Å². The number of rotatable bonds is 2. The lowest BCUT2D eigenvalue weighted by atomic mass is 9.77. The summed E-state index contributed by atoms with van der Waals surface area (Å²) in [5, 5.41) is 13.0. The van der Waals surface area contributed by atoms with Crippen LogP contribution in [0.5, 0.6) is 0 Å². The average Bonchev–Trinajstić information content (AvgIpc) is 3.14. The Hall–Kier alpha value is -1.69. The second-order valence-electron chi connectivity index (χ2n) is 7.68. The van der Waals surface area contributed by atoms with E-state index in [4.69, 9.17) is 0 Å². The molecule has 2 aromatic heterocycles. The number of aromatic nitrogens is 4. The van der Waals surface area contributed by atoms with E-state index in [-0.39, 0.29) is 0 Å². The molecule has 2 aliphatic heterocycles. The van der Waals surface area contributed by atoms with E-state index in [0.717, 1.165) is 24.4 Å². The number of nitrogens with zero attached hydrogens (tertiary/aromatic N) is 6. The fraction of sp³-hybridized carbons (Fsp3) is 0.706. The Labute approximate surface area is 137 Å². The first-order chi connectivity index (χ1) is 11.1. The SMILES string of the molecule is CC(C)c1cc(N2CCC3(CCN(C)C3)CC2)c2nncn2n1. The van der Waals surface area contributed by atoms with E-state index >= 15 is 0 Å². The quantitative estimate of drug-likeness (QED) is 0.850. The summed E-state index contributed by atoms with van der Waals surface area (Å²) in [6, 6.07) is 2.22. The van der Waals surface area contributed by atoms with E-state index in [9.17, 15) is 0 Å². The second-order valence-corrected chi connectivity index (χ2v) is 7.68. The molecule has 4 heterocycles. The molecule has 0 bridgehead atoms. The fourth-order valence-corrected chi connectivity index (χ4v) is 4.13. The fourth-order valence-electron chi connectivity index (χ4n) is 4.13. The molecule has 0 unspecified atom stereocenters. The summed E-state index contributed by atoms with van der Waals surface area (Å²) < 4.78 is 1.83. The Bertz CT molecular complexity index is 698. The first kappa shape index (κ1) is 14.9. The van der Waals surface area contributed by atoms with Gasteiger partial charge in [-0.15, -0.1) is 10.2 Å². The third-order valence-corrected chi connectivity index (χ3v) is 5.65. The van der Waals surface area contributed by atoms with Gasteiger partial charge in [0.25, 0.3) is 0 Å². The number of fused-ring (bicyclic) bond motifs is 1. The van der Waals surface area contributed by atoms with E-state index in [2.05, 4.69) is 52.1 Å². The first-order valence-electron chi connectivity index (χ1n) is 8.71. The molecule has 0 amide bonds. The summed E-state index contributed by atoms with van der Waals surface area (Å²) in [5.41, 5.74) is 3.73. The van der Waals surface area contributed by atoms with Crippen LogP contribution >= 0.6 is 0 Å². The van der Waals surface area contributed by atoms with Gasteiger partial charge >= 0.3 is 0 Å². The molecule has 1 spiro atoms. The van der Waals surface area contributed by atoms with Crippen molar-refractivity contribution in [2.24, 2.45) is 5.41 Å². The number of likely N-dealkylation sites (tertiary alicyclic amines) is 1. The highest BCUT2D eigenvalue weighted by atomic mass is 15.4. The highest BCUT2D eigenvalue weighted by Crippen LogP contribution is 2.41.